The molecule has 0 aliphatic carbocycles. The van der Waals surface area contributed by atoms with E-state index in [0.717, 1.165) is 19.0 Å². The Morgan fingerprint density at radius 3 is 2.69 bits per heavy atom. The van der Waals surface area contributed by atoms with Crippen LogP contribution in [0.4, 0.5) is 0 Å². The third-order valence-corrected chi connectivity index (χ3v) is 2.24. The van der Waals surface area contributed by atoms with Crippen molar-refractivity contribution >= 4 is 0 Å². The van der Waals surface area contributed by atoms with Crippen LogP contribution in [0.3, 0.4) is 0 Å². The third kappa shape index (κ3) is 1.83. The minimum Gasteiger partial charge on any atom is -0.485 e. The largest absolute Gasteiger partial charge is 0.485 e. The summed E-state index contributed by atoms with van der Waals surface area (Å²) in [5.41, 5.74) is 2.43. The second kappa shape index (κ2) is 3.38. The van der Waals surface area contributed by atoms with Crippen molar-refractivity contribution in [1.82, 2.24) is 0 Å². The van der Waals surface area contributed by atoms with Gasteiger partial charge in [-0.1, -0.05) is 12.1 Å². The van der Waals surface area contributed by atoms with Crippen molar-refractivity contribution in [3.05, 3.63) is 29.3 Å². The minimum absolute atomic E-state index is 0.264. The molecular weight excluding hydrogens is 164 g/mol. The van der Waals surface area contributed by atoms with Crippen molar-refractivity contribution in [1.29, 1.82) is 0 Å². The van der Waals surface area contributed by atoms with Gasteiger partial charge in [0.1, 0.15) is 11.9 Å². The molecule has 0 atom stereocenters. The van der Waals surface area contributed by atoms with Crippen molar-refractivity contribution in [3.8, 4) is 5.75 Å². The van der Waals surface area contributed by atoms with Gasteiger partial charge in [0.15, 0.2) is 0 Å². The maximum Gasteiger partial charge on any atom is 0.145 e. The molecule has 0 spiro atoms. The lowest BCUT2D eigenvalue weighted by molar-refractivity contribution is -0.0799. The maximum atomic E-state index is 5.74. The Bertz CT molecular complexity index is 303. The molecule has 0 bridgehead atoms. The van der Waals surface area contributed by atoms with Crippen molar-refractivity contribution in [3.63, 3.8) is 0 Å². The monoisotopic (exact) mass is 178 g/mol. The van der Waals surface area contributed by atoms with Crippen molar-refractivity contribution in [2.24, 2.45) is 0 Å². The quantitative estimate of drug-likeness (QED) is 0.690. The van der Waals surface area contributed by atoms with Gasteiger partial charge in [-0.25, -0.2) is 0 Å². The molecule has 0 N–H and O–H groups in total. The first-order chi connectivity index (χ1) is 6.25. The molecule has 70 valence electrons. The Labute approximate surface area is 78.5 Å². The predicted molar refractivity (Wildman–Crippen MR) is 51.2 cm³/mol. The normalized spacial score (nSPS) is 16.8. The minimum atomic E-state index is 0.264. The summed E-state index contributed by atoms with van der Waals surface area (Å²) in [4.78, 5) is 0. The zero-order chi connectivity index (χ0) is 9.26. The molecule has 1 aromatic rings. The molecule has 2 rings (SSSR count). The lowest BCUT2D eigenvalue weighted by Gasteiger charge is -2.27. The molecule has 0 unspecified atom stereocenters. The van der Waals surface area contributed by atoms with Gasteiger partial charge < -0.3 is 9.47 Å². The summed E-state index contributed by atoms with van der Waals surface area (Å²) < 4.78 is 10.8. The molecule has 1 saturated heterocycles. The van der Waals surface area contributed by atoms with E-state index in [1.165, 1.54) is 11.1 Å². The standard InChI is InChI=1S/C11H14O2/c1-8-3-4-9(2)11(5-8)13-10-6-12-7-10/h3-5,10H,6-7H2,1-2H3. The lowest BCUT2D eigenvalue weighted by atomic mass is 10.1. The zero-order valence-electron chi connectivity index (χ0n) is 8.04. The van der Waals surface area contributed by atoms with E-state index in [2.05, 4.69) is 32.0 Å². The number of ether oxygens (including phenoxy) is 2. The fourth-order valence-corrected chi connectivity index (χ4v) is 1.30. The van der Waals surface area contributed by atoms with Gasteiger partial charge in [-0.2, -0.15) is 0 Å². The van der Waals surface area contributed by atoms with Gasteiger partial charge in [-0.15, -0.1) is 0 Å². The summed E-state index contributed by atoms with van der Waals surface area (Å²) in [7, 11) is 0. The number of hydrogen-bond donors (Lipinski definition) is 0. The van der Waals surface area contributed by atoms with E-state index in [9.17, 15) is 0 Å². The Kier molecular flexibility index (Phi) is 2.23. The molecule has 1 fully saturated rings. The number of aryl methyl sites for hydroxylation is 2. The van der Waals surface area contributed by atoms with E-state index in [-0.39, 0.29) is 6.10 Å². The van der Waals surface area contributed by atoms with Gasteiger partial charge in [0.2, 0.25) is 0 Å². The van der Waals surface area contributed by atoms with Crippen LogP contribution in [-0.2, 0) is 4.74 Å². The first-order valence-electron chi connectivity index (χ1n) is 4.57. The fraction of sp³-hybridized carbons (Fsp3) is 0.455. The lowest BCUT2D eigenvalue weighted by Crippen LogP contribution is -2.38. The van der Waals surface area contributed by atoms with Crippen LogP contribution in [0.5, 0.6) is 5.75 Å². The van der Waals surface area contributed by atoms with E-state index < -0.39 is 0 Å². The number of rotatable bonds is 2. The summed E-state index contributed by atoms with van der Waals surface area (Å²) in [6, 6.07) is 6.26. The first-order valence-corrected chi connectivity index (χ1v) is 4.57. The van der Waals surface area contributed by atoms with Crippen molar-refractivity contribution < 1.29 is 9.47 Å². The molecule has 0 aromatic heterocycles. The van der Waals surface area contributed by atoms with Gasteiger partial charge >= 0.3 is 0 Å². The number of benzene rings is 1. The number of hydrogen-bond acceptors (Lipinski definition) is 2. The highest BCUT2D eigenvalue weighted by Gasteiger charge is 2.20. The molecule has 0 amide bonds. The van der Waals surface area contributed by atoms with E-state index in [4.69, 9.17) is 9.47 Å². The van der Waals surface area contributed by atoms with Crippen LogP contribution in [0, 0.1) is 13.8 Å². The van der Waals surface area contributed by atoms with E-state index in [1.807, 2.05) is 0 Å². The summed E-state index contributed by atoms with van der Waals surface area (Å²) in [5.74, 6) is 0.994. The molecule has 2 heteroatoms. The molecule has 1 heterocycles. The third-order valence-electron chi connectivity index (χ3n) is 2.24. The van der Waals surface area contributed by atoms with Gasteiger partial charge in [-0.05, 0) is 31.0 Å². The van der Waals surface area contributed by atoms with Crippen LogP contribution in [0.2, 0.25) is 0 Å². The second-order valence-electron chi connectivity index (χ2n) is 3.55. The topological polar surface area (TPSA) is 18.5 Å². The summed E-state index contributed by atoms with van der Waals surface area (Å²) in [5, 5.41) is 0. The van der Waals surface area contributed by atoms with Crippen LogP contribution < -0.4 is 4.74 Å². The molecule has 1 aliphatic heterocycles. The smallest absolute Gasteiger partial charge is 0.145 e. The molecule has 1 aromatic carbocycles. The van der Waals surface area contributed by atoms with E-state index in [1.54, 1.807) is 0 Å². The highest BCUT2D eigenvalue weighted by Crippen LogP contribution is 2.22. The van der Waals surface area contributed by atoms with Gasteiger partial charge in [0.25, 0.3) is 0 Å². The maximum absolute atomic E-state index is 5.74. The average Bonchev–Trinajstić information content (AvgIpc) is 2.03. The van der Waals surface area contributed by atoms with Crippen molar-refractivity contribution in [2.75, 3.05) is 13.2 Å². The van der Waals surface area contributed by atoms with E-state index in [0.29, 0.717) is 0 Å². The van der Waals surface area contributed by atoms with Gasteiger partial charge in [0.05, 0.1) is 13.2 Å². The van der Waals surface area contributed by atoms with Crippen LogP contribution in [0.1, 0.15) is 11.1 Å². The van der Waals surface area contributed by atoms with Crippen LogP contribution in [0.15, 0.2) is 18.2 Å². The van der Waals surface area contributed by atoms with Gasteiger partial charge in [-0.3, -0.25) is 0 Å². The molecule has 0 radical (unpaired) electrons. The SMILES string of the molecule is Cc1ccc(C)c(OC2COC2)c1. The van der Waals surface area contributed by atoms with Crippen molar-refractivity contribution in [2.45, 2.75) is 20.0 Å². The van der Waals surface area contributed by atoms with Gasteiger partial charge in [0, 0.05) is 0 Å². The molecule has 2 nitrogen and oxygen atoms in total. The van der Waals surface area contributed by atoms with Crippen LogP contribution in [-0.4, -0.2) is 19.3 Å². The molecule has 13 heavy (non-hydrogen) atoms. The second-order valence-corrected chi connectivity index (χ2v) is 3.55. The molecule has 1 aliphatic rings. The Morgan fingerprint density at radius 2 is 2.08 bits per heavy atom. The Balaban J connectivity index is 2.13. The average molecular weight is 178 g/mol. The Hall–Kier alpha value is -1.02. The predicted octanol–water partition coefficient (Wildman–Crippen LogP) is 2.08. The highest BCUT2D eigenvalue weighted by atomic mass is 16.6. The zero-order valence-corrected chi connectivity index (χ0v) is 8.04. The summed E-state index contributed by atoms with van der Waals surface area (Å²) in [6.45, 7) is 5.60. The van der Waals surface area contributed by atoms with E-state index >= 15 is 0 Å². The summed E-state index contributed by atoms with van der Waals surface area (Å²) in [6.07, 6.45) is 0.264. The van der Waals surface area contributed by atoms with Crippen LogP contribution in [0.25, 0.3) is 0 Å². The Morgan fingerprint density at radius 1 is 1.31 bits per heavy atom. The highest BCUT2D eigenvalue weighted by molar-refractivity contribution is 5.36. The fourth-order valence-electron chi connectivity index (χ4n) is 1.30. The van der Waals surface area contributed by atoms with Crippen LogP contribution >= 0.6 is 0 Å². The summed E-state index contributed by atoms with van der Waals surface area (Å²) >= 11 is 0. The molecule has 0 saturated carbocycles. The first kappa shape index (κ1) is 8.57. The molecular formula is C11H14O2.